The fourth-order valence-electron chi connectivity index (χ4n) is 3.48. The lowest BCUT2D eigenvalue weighted by atomic mass is 9.79. The summed E-state index contributed by atoms with van der Waals surface area (Å²) in [5, 5.41) is 0. The highest BCUT2D eigenvalue weighted by Crippen LogP contribution is 2.34. The van der Waals surface area contributed by atoms with Gasteiger partial charge >= 0.3 is 0 Å². The average molecular weight is 280 g/mol. The van der Waals surface area contributed by atoms with E-state index in [0.29, 0.717) is 5.92 Å². The molecule has 0 spiro atoms. The highest BCUT2D eigenvalue weighted by Gasteiger charge is 2.21. The second kappa shape index (κ2) is 6.86. The first-order chi connectivity index (χ1) is 10.3. The van der Waals surface area contributed by atoms with Crippen molar-refractivity contribution in [3.05, 3.63) is 65.5 Å². The Kier molecular flexibility index (Phi) is 4.66. The van der Waals surface area contributed by atoms with Gasteiger partial charge in [0.2, 0.25) is 0 Å². The number of hydrogen-bond donors (Lipinski definition) is 1. The molecule has 0 fully saturated rings. The molecule has 1 aliphatic rings. The van der Waals surface area contributed by atoms with Crippen LogP contribution in [0.4, 0.5) is 0 Å². The molecule has 2 nitrogen and oxygen atoms in total. The SMILES string of the molecule is NC(CCc1cccnc1)CC1CCCc2ccccc21. The van der Waals surface area contributed by atoms with Gasteiger partial charge in [-0.2, -0.15) is 0 Å². The van der Waals surface area contributed by atoms with Gasteiger partial charge in [0, 0.05) is 18.4 Å². The standard InChI is InChI=1S/C19H24N2/c20-18(11-10-15-5-4-12-21-14-15)13-17-8-3-7-16-6-1-2-9-19(16)17/h1-2,4-6,9,12,14,17-18H,3,7-8,10-11,13,20H2. The lowest BCUT2D eigenvalue weighted by Gasteiger charge is -2.27. The second-order valence-corrected chi connectivity index (χ2v) is 6.18. The van der Waals surface area contributed by atoms with E-state index in [2.05, 4.69) is 35.3 Å². The Morgan fingerprint density at radius 1 is 1.19 bits per heavy atom. The molecular formula is C19H24N2. The molecule has 0 bridgehead atoms. The number of nitrogens with two attached hydrogens (primary N) is 1. The van der Waals surface area contributed by atoms with Gasteiger partial charge in [-0.05, 0) is 67.2 Å². The molecule has 0 amide bonds. The van der Waals surface area contributed by atoms with Crippen LogP contribution in [0.25, 0.3) is 0 Å². The summed E-state index contributed by atoms with van der Waals surface area (Å²) in [6.45, 7) is 0. The lowest BCUT2D eigenvalue weighted by Crippen LogP contribution is -2.25. The Hall–Kier alpha value is -1.67. The summed E-state index contributed by atoms with van der Waals surface area (Å²) >= 11 is 0. The van der Waals surface area contributed by atoms with E-state index in [4.69, 9.17) is 5.73 Å². The van der Waals surface area contributed by atoms with Crippen LogP contribution in [0.1, 0.15) is 48.3 Å². The predicted octanol–water partition coefficient (Wildman–Crippen LogP) is 3.85. The van der Waals surface area contributed by atoms with Crippen LogP contribution in [0.3, 0.4) is 0 Å². The molecular weight excluding hydrogens is 256 g/mol. The number of hydrogen-bond acceptors (Lipinski definition) is 2. The van der Waals surface area contributed by atoms with Crippen molar-refractivity contribution in [1.82, 2.24) is 4.98 Å². The van der Waals surface area contributed by atoms with Crippen LogP contribution in [0.2, 0.25) is 0 Å². The predicted molar refractivity (Wildman–Crippen MR) is 87.3 cm³/mol. The molecule has 2 N–H and O–H groups in total. The Balaban J connectivity index is 1.57. The van der Waals surface area contributed by atoms with E-state index in [9.17, 15) is 0 Å². The average Bonchev–Trinajstić information content (AvgIpc) is 2.54. The quantitative estimate of drug-likeness (QED) is 0.903. The van der Waals surface area contributed by atoms with Gasteiger partial charge in [-0.25, -0.2) is 0 Å². The van der Waals surface area contributed by atoms with Crippen LogP contribution in [0, 0.1) is 0 Å². The summed E-state index contributed by atoms with van der Waals surface area (Å²) in [6, 6.07) is 13.3. The van der Waals surface area contributed by atoms with E-state index >= 15 is 0 Å². The third kappa shape index (κ3) is 3.70. The van der Waals surface area contributed by atoms with Gasteiger partial charge in [0.1, 0.15) is 0 Å². The lowest BCUT2D eigenvalue weighted by molar-refractivity contribution is 0.452. The summed E-state index contributed by atoms with van der Waals surface area (Å²) in [5.41, 5.74) is 10.8. The highest BCUT2D eigenvalue weighted by molar-refractivity contribution is 5.32. The van der Waals surface area contributed by atoms with Crippen molar-refractivity contribution in [2.45, 2.75) is 50.5 Å². The third-order valence-corrected chi connectivity index (χ3v) is 4.61. The van der Waals surface area contributed by atoms with Crippen LogP contribution in [0.15, 0.2) is 48.8 Å². The number of aromatic nitrogens is 1. The minimum absolute atomic E-state index is 0.279. The number of benzene rings is 1. The van der Waals surface area contributed by atoms with Crippen molar-refractivity contribution >= 4 is 0 Å². The molecule has 110 valence electrons. The molecule has 1 aromatic carbocycles. The summed E-state index contributed by atoms with van der Waals surface area (Å²) in [4.78, 5) is 4.17. The first-order valence-electron chi connectivity index (χ1n) is 8.05. The Morgan fingerprint density at radius 2 is 2.10 bits per heavy atom. The largest absolute Gasteiger partial charge is 0.328 e. The molecule has 21 heavy (non-hydrogen) atoms. The third-order valence-electron chi connectivity index (χ3n) is 4.61. The minimum Gasteiger partial charge on any atom is -0.328 e. The Labute approximate surface area is 127 Å². The van der Waals surface area contributed by atoms with Gasteiger partial charge in [-0.15, -0.1) is 0 Å². The van der Waals surface area contributed by atoms with Crippen LogP contribution < -0.4 is 5.73 Å². The van der Waals surface area contributed by atoms with Crippen molar-refractivity contribution in [3.8, 4) is 0 Å². The van der Waals surface area contributed by atoms with Crippen molar-refractivity contribution in [2.75, 3.05) is 0 Å². The Morgan fingerprint density at radius 3 is 2.95 bits per heavy atom. The second-order valence-electron chi connectivity index (χ2n) is 6.18. The van der Waals surface area contributed by atoms with Gasteiger partial charge in [0.05, 0.1) is 0 Å². The van der Waals surface area contributed by atoms with Gasteiger partial charge in [0.25, 0.3) is 0 Å². The molecule has 1 aliphatic carbocycles. The summed E-state index contributed by atoms with van der Waals surface area (Å²) < 4.78 is 0. The zero-order chi connectivity index (χ0) is 14.5. The fourth-order valence-corrected chi connectivity index (χ4v) is 3.48. The molecule has 2 aromatic rings. The van der Waals surface area contributed by atoms with Crippen molar-refractivity contribution in [2.24, 2.45) is 5.73 Å². The number of nitrogens with zero attached hydrogens (tertiary/aromatic N) is 1. The van der Waals surface area contributed by atoms with Crippen LogP contribution in [-0.2, 0) is 12.8 Å². The number of fused-ring (bicyclic) bond motifs is 1. The zero-order valence-corrected chi connectivity index (χ0v) is 12.5. The maximum absolute atomic E-state index is 6.39. The van der Waals surface area contributed by atoms with Gasteiger partial charge in [-0.3, -0.25) is 4.98 Å². The fraction of sp³-hybridized carbons (Fsp3) is 0.421. The molecule has 0 aliphatic heterocycles. The van der Waals surface area contributed by atoms with Gasteiger partial charge in [0.15, 0.2) is 0 Å². The molecule has 1 heterocycles. The molecule has 3 rings (SSSR count). The number of aryl methyl sites for hydroxylation is 2. The monoisotopic (exact) mass is 280 g/mol. The maximum atomic E-state index is 6.39. The number of rotatable bonds is 5. The Bertz CT molecular complexity index is 565. The normalized spacial score (nSPS) is 19.0. The summed E-state index contributed by atoms with van der Waals surface area (Å²) in [5.74, 6) is 0.652. The molecule has 0 saturated heterocycles. The molecule has 0 saturated carbocycles. The van der Waals surface area contributed by atoms with Crippen molar-refractivity contribution in [1.29, 1.82) is 0 Å². The highest BCUT2D eigenvalue weighted by atomic mass is 14.6. The first kappa shape index (κ1) is 14.3. The summed E-state index contributed by atoms with van der Waals surface area (Å²) in [6.07, 6.45) is 10.8. The zero-order valence-electron chi connectivity index (χ0n) is 12.5. The number of pyridine rings is 1. The van der Waals surface area contributed by atoms with E-state index in [0.717, 1.165) is 19.3 Å². The van der Waals surface area contributed by atoms with Crippen molar-refractivity contribution in [3.63, 3.8) is 0 Å². The first-order valence-corrected chi connectivity index (χ1v) is 8.05. The topological polar surface area (TPSA) is 38.9 Å². The molecule has 0 radical (unpaired) electrons. The van der Waals surface area contributed by atoms with Crippen LogP contribution >= 0.6 is 0 Å². The van der Waals surface area contributed by atoms with Crippen LogP contribution in [0.5, 0.6) is 0 Å². The van der Waals surface area contributed by atoms with E-state index in [-0.39, 0.29) is 6.04 Å². The van der Waals surface area contributed by atoms with E-state index in [1.54, 1.807) is 5.56 Å². The molecule has 2 heteroatoms. The van der Waals surface area contributed by atoms with E-state index in [1.807, 2.05) is 18.5 Å². The van der Waals surface area contributed by atoms with Gasteiger partial charge in [-0.1, -0.05) is 30.3 Å². The van der Waals surface area contributed by atoms with E-state index < -0.39 is 0 Å². The van der Waals surface area contributed by atoms with E-state index in [1.165, 1.54) is 30.4 Å². The minimum atomic E-state index is 0.279. The smallest absolute Gasteiger partial charge is 0.0299 e. The molecule has 2 unspecified atom stereocenters. The van der Waals surface area contributed by atoms with Crippen molar-refractivity contribution < 1.29 is 0 Å². The van der Waals surface area contributed by atoms with Gasteiger partial charge < -0.3 is 5.73 Å². The van der Waals surface area contributed by atoms with Crippen LogP contribution in [-0.4, -0.2) is 11.0 Å². The molecule has 1 aromatic heterocycles. The molecule has 2 atom stereocenters. The maximum Gasteiger partial charge on any atom is 0.0299 e. The summed E-state index contributed by atoms with van der Waals surface area (Å²) in [7, 11) is 0.